The molecule has 5 nitrogen and oxygen atoms in total. The van der Waals surface area contributed by atoms with Crippen LogP contribution in [0.1, 0.15) is 0 Å². The summed E-state index contributed by atoms with van der Waals surface area (Å²) in [5.74, 6) is 0.992. The van der Waals surface area contributed by atoms with Gasteiger partial charge >= 0.3 is 0 Å². The van der Waals surface area contributed by atoms with E-state index in [1.807, 2.05) is 24.3 Å². The first-order valence-electron chi connectivity index (χ1n) is 8.44. The maximum atomic E-state index is 13.3. The molecule has 0 unspecified atom stereocenters. The van der Waals surface area contributed by atoms with Crippen molar-refractivity contribution < 1.29 is 9.47 Å². The standard InChI is InChI=1S/C22H17NO4/c1-26-15-11-14(12-16(13-15)27-2)23-21(24)19-9-5-3-7-17(19)18-8-4-6-10-20(18)22(23)25/h3-13H,1-2H3. The maximum Gasteiger partial charge on any atom is 0.265 e. The van der Waals surface area contributed by atoms with E-state index in [9.17, 15) is 9.59 Å². The van der Waals surface area contributed by atoms with Crippen molar-refractivity contribution in [2.45, 2.75) is 0 Å². The lowest BCUT2D eigenvalue weighted by Gasteiger charge is -2.09. The van der Waals surface area contributed by atoms with Crippen molar-refractivity contribution in [3.05, 3.63) is 87.4 Å². The van der Waals surface area contributed by atoms with E-state index >= 15 is 0 Å². The molecule has 0 bridgehead atoms. The van der Waals surface area contributed by atoms with Gasteiger partial charge in [0.2, 0.25) is 0 Å². The van der Waals surface area contributed by atoms with Gasteiger partial charge in [0.25, 0.3) is 11.1 Å². The number of benzene rings is 3. The highest BCUT2D eigenvalue weighted by Gasteiger charge is 2.13. The summed E-state index contributed by atoms with van der Waals surface area (Å²) in [5, 5.41) is 2.42. The van der Waals surface area contributed by atoms with Crippen LogP contribution in [0.2, 0.25) is 0 Å². The number of hydrogen-bond donors (Lipinski definition) is 0. The van der Waals surface area contributed by atoms with E-state index in [2.05, 4.69) is 0 Å². The molecule has 3 aromatic carbocycles. The van der Waals surface area contributed by atoms with E-state index in [4.69, 9.17) is 9.47 Å². The summed E-state index contributed by atoms with van der Waals surface area (Å²) in [7, 11) is 3.05. The molecule has 5 heteroatoms. The van der Waals surface area contributed by atoms with Crippen molar-refractivity contribution >= 4 is 21.5 Å². The number of rotatable bonds is 3. The molecule has 0 radical (unpaired) electrons. The quantitative estimate of drug-likeness (QED) is 0.562. The van der Waals surface area contributed by atoms with Crippen molar-refractivity contribution in [3.8, 4) is 17.2 Å². The first kappa shape index (κ1) is 16.8. The minimum atomic E-state index is -0.387. The fraction of sp³-hybridized carbons (Fsp3) is 0.0909. The molecule has 0 aliphatic rings. The van der Waals surface area contributed by atoms with Gasteiger partial charge < -0.3 is 9.47 Å². The minimum absolute atomic E-state index is 0.387. The zero-order valence-electron chi connectivity index (χ0n) is 14.9. The average Bonchev–Trinajstić information content (AvgIpc) is 2.81. The van der Waals surface area contributed by atoms with Crippen LogP contribution in [0.25, 0.3) is 27.2 Å². The summed E-state index contributed by atoms with van der Waals surface area (Å²) in [5.41, 5.74) is -0.378. The molecule has 27 heavy (non-hydrogen) atoms. The Balaban J connectivity index is 2.26. The number of hydrogen-bond acceptors (Lipinski definition) is 4. The van der Waals surface area contributed by atoms with Gasteiger partial charge in [-0.3, -0.25) is 9.59 Å². The third-order valence-electron chi connectivity index (χ3n) is 4.61. The van der Waals surface area contributed by atoms with Gasteiger partial charge in [-0.05, 0) is 22.9 Å². The second kappa shape index (κ2) is 6.61. The van der Waals surface area contributed by atoms with Crippen molar-refractivity contribution in [1.29, 1.82) is 0 Å². The molecule has 0 aliphatic heterocycles. The topological polar surface area (TPSA) is 57.5 Å². The maximum absolute atomic E-state index is 13.3. The summed E-state index contributed by atoms with van der Waals surface area (Å²) in [4.78, 5) is 26.7. The van der Waals surface area contributed by atoms with E-state index in [0.29, 0.717) is 28.0 Å². The molecule has 0 atom stereocenters. The molecule has 0 saturated heterocycles. The van der Waals surface area contributed by atoms with E-state index in [-0.39, 0.29) is 11.1 Å². The van der Waals surface area contributed by atoms with Crippen molar-refractivity contribution in [1.82, 2.24) is 4.57 Å². The highest BCUT2D eigenvalue weighted by Crippen LogP contribution is 2.25. The molecular formula is C22H17NO4. The van der Waals surface area contributed by atoms with Crippen molar-refractivity contribution in [2.24, 2.45) is 0 Å². The zero-order chi connectivity index (χ0) is 19.0. The predicted molar refractivity (Wildman–Crippen MR) is 106 cm³/mol. The average molecular weight is 359 g/mol. The first-order valence-corrected chi connectivity index (χ1v) is 8.44. The molecule has 4 aromatic rings. The summed E-state index contributed by atoms with van der Waals surface area (Å²) >= 11 is 0. The summed E-state index contributed by atoms with van der Waals surface area (Å²) < 4.78 is 11.8. The van der Waals surface area contributed by atoms with Crippen LogP contribution < -0.4 is 20.6 Å². The number of fused-ring (bicyclic) bond motifs is 3. The molecule has 1 heterocycles. The Morgan fingerprint density at radius 2 is 1.04 bits per heavy atom. The Kier molecular flexibility index (Phi) is 4.12. The molecule has 0 fully saturated rings. The minimum Gasteiger partial charge on any atom is -0.497 e. The molecule has 0 saturated carbocycles. The van der Waals surface area contributed by atoms with Crippen molar-refractivity contribution in [2.75, 3.05) is 14.2 Å². The predicted octanol–water partition coefficient (Wildman–Crippen LogP) is 3.52. The highest BCUT2D eigenvalue weighted by atomic mass is 16.5. The van der Waals surface area contributed by atoms with E-state index in [1.165, 1.54) is 18.8 Å². The van der Waals surface area contributed by atoms with E-state index < -0.39 is 0 Å². The number of methoxy groups -OCH3 is 2. The number of nitrogens with zero attached hydrogens (tertiary/aromatic N) is 1. The van der Waals surface area contributed by atoms with Crippen molar-refractivity contribution in [3.63, 3.8) is 0 Å². The number of aromatic nitrogens is 1. The van der Waals surface area contributed by atoms with Gasteiger partial charge in [-0.15, -0.1) is 0 Å². The Labute approximate surface area is 155 Å². The van der Waals surface area contributed by atoms with Crippen LogP contribution in [-0.2, 0) is 0 Å². The van der Waals surface area contributed by atoms with Crippen LogP contribution in [0, 0.1) is 0 Å². The molecular weight excluding hydrogens is 342 g/mol. The van der Waals surface area contributed by atoms with E-state index in [1.54, 1.807) is 42.5 Å². The van der Waals surface area contributed by atoms with Crippen LogP contribution in [0.3, 0.4) is 0 Å². The Hall–Kier alpha value is -3.60. The van der Waals surface area contributed by atoms with Gasteiger partial charge in [-0.1, -0.05) is 36.4 Å². The fourth-order valence-electron chi connectivity index (χ4n) is 3.30. The Morgan fingerprint density at radius 3 is 1.44 bits per heavy atom. The molecule has 0 amide bonds. The van der Waals surface area contributed by atoms with Gasteiger partial charge in [0, 0.05) is 29.0 Å². The third-order valence-corrected chi connectivity index (χ3v) is 4.61. The lowest BCUT2D eigenvalue weighted by atomic mass is 10.1. The monoisotopic (exact) mass is 359 g/mol. The SMILES string of the molecule is COc1cc(OC)cc(-n2c(=O)c3ccccc3c3ccccc3c2=O)c1. The van der Waals surface area contributed by atoms with E-state index in [0.717, 1.165) is 10.8 Å². The summed E-state index contributed by atoms with van der Waals surface area (Å²) in [6.07, 6.45) is 0. The second-order valence-corrected chi connectivity index (χ2v) is 6.11. The first-order chi connectivity index (χ1) is 13.1. The van der Waals surface area contributed by atoms with Gasteiger partial charge in [-0.2, -0.15) is 0 Å². The fourth-order valence-corrected chi connectivity index (χ4v) is 3.30. The molecule has 134 valence electrons. The zero-order valence-corrected chi connectivity index (χ0v) is 14.9. The van der Waals surface area contributed by atoms with Crippen LogP contribution in [0.5, 0.6) is 11.5 Å². The van der Waals surface area contributed by atoms with Crippen LogP contribution >= 0.6 is 0 Å². The summed E-state index contributed by atoms with van der Waals surface area (Å²) in [6, 6.07) is 19.5. The molecule has 4 rings (SSSR count). The molecule has 0 spiro atoms. The van der Waals surface area contributed by atoms with Gasteiger partial charge in [0.05, 0.1) is 19.9 Å². The number of ether oxygens (including phenoxy) is 2. The van der Waals surface area contributed by atoms with Crippen LogP contribution in [0.4, 0.5) is 0 Å². The lowest BCUT2D eigenvalue weighted by molar-refractivity contribution is 0.394. The smallest absolute Gasteiger partial charge is 0.265 e. The normalized spacial score (nSPS) is 10.9. The Bertz CT molecular complexity index is 1200. The second-order valence-electron chi connectivity index (χ2n) is 6.11. The summed E-state index contributed by atoms with van der Waals surface area (Å²) in [6.45, 7) is 0. The highest BCUT2D eigenvalue weighted by molar-refractivity contribution is 6.05. The van der Waals surface area contributed by atoms with Gasteiger partial charge in [-0.25, -0.2) is 4.57 Å². The third kappa shape index (κ3) is 2.73. The van der Waals surface area contributed by atoms with Gasteiger partial charge in [0.1, 0.15) is 11.5 Å². The Morgan fingerprint density at radius 1 is 0.630 bits per heavy atom. The molecule has 1 aromatic heterocycles. The lowest BCUT2D eigenvalue weighted by Crippen LogP contribution is -2.28. The molecule has 0 aliphatic carbocycles. The van der Waals surface area contributed by atoms with Crippen LogP contribution in [-0.4, -0.2) is 18.8 Å². The largest absolute Gasteiger partial charge is 0.497 e. The molecule has 0 N–H and O–H groups in total. The van der Waals surface area contributed by atoms with Crippen LogP contribution in [0.15, 0.2) is 76.3 Å². The van der Waals surface area contributed by atoms with Gasteiger partial charge in [0.15, 0.2) is 0 Å².